The molecule has 2 aromatic heterocycles. The second kappa shape index (κ2) is 10.9. The molecule has 234 valence electrons. The number of fused-ring (bicyclic) bond motifs is 5. The lowest BCUT2D eigenvalue weighted by Crippen LogP contribution is -2.61. The van der Waals surface area contributed by atoms with E-state index in [9.17, 15) is 27.5 Å². The van der Waals surface area contributed by atoms with E-state index in [-0.39, 0.29) is 34.1 Å². The molecule has 0 spiro atoms. The molecule has 0 saturated carbocycles. The number of nitrogens with one attached hydrogen (secondary N) is 1. The fourth-order valence-corrected chi connectivity index (χ4v) is 6.73. The Labute approximate surface area is 258 Å². The summed E-state index contributed by atoms with van der Waals surface area (Å²) in [5.74, 6) is 0.788. The van der Waals surface area contributed by atoms with Gasteiger partial charge in [0, 0.05) is 42.7 Å². The highest BCUT2D eigenvalue weighted by molar-refractivity contribution is 5.97. The van der Waals surface area contributed by atoms with Gasteiger partial charge in [-0.2, -0.15) is 23.1 Å². The van der Waals surface area contributed by atoms with E-state index < -0.39 is 64.4 Å². The van der Waals surface area contributed by atoms with Gasteiger partial charge >= 0.3 is 12.2 Å². The van der Waals surface area contributed by atoms with Crippen molar-refractivity contribution in [3.05, 3.63) is 57.8 Å². The first kappa shape index (κ1) is 26.9. The van der Waals surface area contributed by atoms with Crippen molar-refractivity contribution in [2.24, 2.45) is 0 Å². The summed E-state index contributed by atoms with van der Waals surface area (Å²) < 4.78 is 83.3. The highest BCUT2D eigenvalue weighted by Gasteiger charge is 2.40. The Morgan fingerprint density at radius 2 is 2.04 bits per heavy atom. The second-order valence-corrected chi connectivity index (χ2v) is 11.7. The van der Waals surface area contributed by atoms with E-state index >= 15 is 0 Å². The Balaban J connectivity index is 1.54. The van der Waals surface area contributed by atoms with Crippen LogP contribution in [-0.4, -0.2) is 75.9 Å². The van der Waals surface area contributed by atoms with Crippen molar-refractivity contribution in [2.75, 3.05) is 38.1 Å². The number of anilines is 1. The van der Waals surface area contributed by atoms with Gasteiger partial charge in [0.05, 0.1) is 19.4 Å². The number of nitrogens with zero attached hydrogens (tertiary/aromatic N) is 5. The number of hydrogen-bond donors (Lipinski definition) is 2. The number of aromatic hydroxyl groups is 1. The molecule has 2 aromatic carbocycles. The Morgan fingerprint density at radius 1 is 1.22 bits per heavy atom. The molecule has 4 aromatic rings. The van der Waals surface area contributed by atoms with Gasteiger partial charge in [-0.3, -0.25) is 9.36 Å². The zero-order chi connectivity index (χ0) is 33.4. The van der Waals surface area contributed by atoms with Gasteiger partial charge in [0.1, 0.15) is 35.2 Å². The number of alkyl halides is 3. The number of aromatic nitrogens is 3. The van der Waals surface area contributed by atoms with Crippen LogP contribution in [-0.2, 0) is 6.18 Å². The first-order chi connectivity index (χ1) is 22.3. The molecule has 8 rings (SSSR count). The minimum absolute atomic E-state index is 0.0163. The number of phenols is 1. The number of piperidine rings is 2. The summed E-state index contributed by atoms with van der Waals surface area (Å²) in [6.07, 6.45) is 3.27. The number of hydrogen-bond acceptors (Lipinski definition) is 8. The molecule has 2 bridgehead atoms. The third-order valence-corrected chi connectivity index (χ3v) is 8.97. The van der Waals surface area contributed by atoms with Gasteiger partial charge in [-0.25, -0.2) is 4.39 Å². The number of likely N-dealkylation sites (N-methyl/N-ethyl adjacent to an activating group) is 1. The molecular formula is C32H30F4N6O3. The van der Waals surface area contributed by atoms with Crippen LogP contribution in [0.3, 0.4) is 0 Å². The van der Waals surface area contributed by atoms with E-state index in [2.05, 4.69) is 21.2 Å². The molecule has 2 unspecified atom stereocenters. The summed E-state index contributed by atoms with van der Waals surface area (Å²) in [5, 5.41) is 13.6. The minimum atomic E-state index is -5.12. The maximum Gasteiger partial charge on any atom is 0.431 e. The zero-order valence-electron chi connectivity index (χ0n) is 26.2. The van der Waals surface area contributed by atoms with Crippen molar-refractivity contribution in [2.45, 2.75) is 50.0 Å². The van der Waals surface area contributed by atoms with Crippen LogP contribution in [0.2, 0.25) is 0 Å². The van der Waals surface area contributed by atoms with E-state index in [1.54, 1.807) is 11.9 Å². The lowest BCUT2D eigenvalue weighted by molar-refractivity contribution is -0.142. The monoisotopic (exact) mass is 624 g/mol. The first-order valence-electron chi connectivity index (χ1n) is 15.6. The Hall–Kier alpha value is -4.41. The van der Waals surface area contributed by atoms with Gasteiger partial charge in [-0.1, -0.05) is 12.0 Å². The molecule has 4 fully saturated rings. The average Bonchev–Trinajstić information content (AvgIpc) is 3.47. The molecule has 4 aliphatic heterocycles. The van der Waals surface area contributed by atoms with Crippen molar-refractivity contribution < 1.29 is 30.1 Å². The number of likely N-dealkylation sites (tertiary alicyclic amines) is 1. The van der Waals surface area contributed by atoms with E-state index in [0.717, 1.165) is 37.5 Å². The largest absolute Gasteiger partial charge is 0.508 e. The van der Waals surface area contributed by atoms with Crippen LogP contribution < -0.4 is 20.5 Å². The molecule has 9 nitrogen and oxygen atoms in total. The Kier molecular flexibility index (Phi) is 6.52. The summed E-state index contributed by atoms with van der Waals surface area (Å²) in [7, 11) is 1.76. The maximum absolute atomic E-state index is 15.0. The fourth-order valence-electron chi connectivity index (χ4n) is 6.73. The minimum Gasteiger partial charge on any atom is -0.508 e. The molecule has 6 heterocycles. The van der Waals surface area contributed by atoms with Crippen LogP contribution in [0.5, 0.6) is 11.8 Å². The quantitative estimate of drug-likeness (QED) is 0.252. The van der Waals surface area contributed by atoms with Crippen molar-refractivity contribution in [3.63, 3.8) is 0 Å². The smallest absolute Gasteiger partial charge is 0.431 e. The van der Waals surface area contributed by atoms with E-state index in [1.165, 1.54) is 12.1 Å². The molecule has 3 atom stereocenters. The first-order valence-corrected chi connectivity index (χ1v) is 14.6. The second-order valence-electron chi connectivity index (χ2n) is 11.7. The lowest BCUT2D eigenvalue weighted by Gasteiger charge is -2.46. The van der Waals surface area contributed by atoms with Crippen LogP contribution in [0, 0.1) is 18.2 Å². The van der Waals surface area contributed by atoms with Gasteiger partial charge in [0.2, 0.25) is 0 Å². The number of halogens is 4. The molecule has 13 heteroatoms. The van der Waals surface area contributed by atoms with Gasteiger partial charge < -0.3 is 25.0 Å². The lowest BCUT2D eigenvalue weighted by atomic mass is 9.93. The number of rotatable bonds is 5. The highest BCUT2D eigenvalue weighted by atomic mass is 19.4. The fraction of sp³-hybridized carbons (Fsp3) is 0.406. The van der Waals surface area contributed by atoms with Crippen LogP contribution in [0.1, 0.15) is 39.7 Å². The predicted molar refractivity (Wildman–Crippen MR) is 161 cm³/mol. The van der Waals surface area contributed by atoms with Gasteiger partial charge in [-0.15, -0.1) is 6.42 Å². The average molecular weight is 625 g/mol. The molecule has 2 N–H and O–H groups in total. The van der Waals surface area contributed by atoms with Crippen molar-refractivity contribution >= 4 is 27.5 Å². The normalized spacial score (nSPS) is 22.9. The Bertz CT molecular complexity index is 2020. The summed E-state index contributed by atoms with van der Waals surface area (Å²) in [5.41, 5.74) is -4.05. The summed E-state index contributed by atoms with van der Waals surface area (Å²) in [6, 6.07) is 3.85. The number of terminal acetylenes is 1. The molecular weight excluding hydrogens is 592 g/mol. The molecule has 45 heavy (non-hydrogen) atoms. The topological polar surface area (TPSA) is 95.8 Å². The highest BCUT2D eigenvalue weighted by Crippen LogP contribution is 2.39. The number of phenolic OH excluding ortho intramolecular Hbond substituents is 1. The summed E-state index contributed by atoms with van der Waals surface area (Å²) >= 11 is 0. The van der Waals surface area contributed by atoms with Crippen LogP contribution in [0.15, 0.2) is 35.1 Å². The number of ether oxygens (including phenoxy) is 1. The van der Waals surface area contributed by atoms with Gasteiger partial charge in [0.25, 0.3) is 5.56 Å². The maximum atomic E-state index is 15.0. The van der Waals surface area contributed by atoms with Crippen molar-refractivity contribution in [1.82, 2.24) is 24.8 Å². The van der Waals surface area contributed by atoms with Crippen LogP contribution in [0.4, 0.5) is 23.4 Å². The Morgan fingerprint density at radius 3 is 2.69 bits per heavy atom. The van der Waals surface area contributed by atoms with Crippen LogP contribution >= 0.6 is 0 Å². The molecule has 4 aliphatic rings. The predicted octanol–water partition coefficient (Wildman–Crippen LogP) is 4.19. The third-order valence-electron chi connectivity index (χ3n) is 8.97. The van der Waals surface area contributed by atoms with Crippen molar-refractivity contribution in [1.29, 1.82) is 0 Å². The summed E-state index contributed by atoms with van der Waals surface area (Å²) in [4.78, 5) is 26.7. The molecule has 4 saturated heterocycles. The number of benzene rings is 2. The SMILES string of the molecule is [2H]C([2H])(Oc1nc(N2CC3CCC2CN3)c2cc(C(F)(F)F)n(-c3cc(O)cc4ccc(F)c(C#C)c34)c(=O)c2n1)[C@@H]1CCCN1C. The van der Waals surface area contributed by atoms with Crippen molar-refractivity contribution in [3.8, 4) is 29.8 Å². The van der Waals surface area contributed by atoms with E-state index in [4.69, 9.17) is 13.9 Å². The summed E-state index contributed by atoms with van der Waals surface area (Å²) in [6.45, 7) is -0.728. The molecule has 0 amide bonds. The van der Waals surface area contributed by atoms with Crippen LogP contribution in [0.25, 0.3) is 27.4 Å². The zero-order valence-corrected chi connectivity index (χ0v) is 24.2. The molecule has 0 radical (unpaired) electrons. The van der Waals surface area contributed by atoms with Gasteiger partial charge in [0.15, 0.2) is 0 Å². The standard InChI is InChI=1S/C32H30F4N6O3/c1-3-22-24(33)9-6-17-11-21(43)12-25(27(17)22)42-26(32(34,35)36)13-23-28(30(42)44)38-31(45-16-20-5-4-10-40(20)2)39-29(23)41-15-18-7-8-19(41)14-37-18/h1,6,9,11-13,18-20,37,43H,4-5,7-8,10,14-16H2,2H3/t18?,19?,20-/m0/s1/i16D2. The van der Waals surface area contributed by atoms with Gasteiger partial charge in [-0.05, 0) is 62.9 Å². The van der Waals surface area contributed by atoms with E-state index in [0.29, 0.717) is 30.6 Å². The third kappa shape index (κ3) is 5.02. The number of piperazine rings is 1. The van der Waals surface area contributed by atoms with E-state index in [1.807, 2.05) is 4.90 Å². The molecule has 0 aliphatic carbocycles. The number of pyridine rings is 1.